The summed E-state index contributed by atoms with van der Waals surface area (Å²) in [5.41, 5.74) is 0. The number of sulfonamides is 1. The molecule has 10 heteroatoms. The van der Waals surface area contributed by atoms with E-state index in [1.165, 1.54) is 4.31 Å². The molecule has 1 aromatic heterocycles. The van der Waals surface area contributed by atoms with Crippen LogP contribution in [0.25, 0.3) is 0 Å². The van der Waals surface area contributed by atoms with Gasteiger partial charge < -0.3 is 9.80 Å². The van der Waals surface area contributed by atoms with Gasteiger partial charge in [-0.25, -0.2) is 18.4 Å². The largest absolute Gasteiger partial charge is 0.353 e. The fourth-order valence-corrected chi connectivity index (χ4v) is 5.87. The van der Waals surface area contributed by atoms with Gasteiger partial charge in [0.05, 0.1) is 4.90 Å². The van der Waals surface area contributed by atoms with Crippen molar-refractivity contribution in [2.45, 2.75) is 24.7 Å². The van der Waals surface area contributed by atoms with E-state index in [1.54, 1.807) is 30.5 Å². The summed E-state index contributed by atoms with van der Waals surface area (Å²) < 4.78 is 28.1. The molecule has 2 saturated heterocycles. The molecule has 3 heterocycles. The van der Waals surface area contributed by atoms with Crippen LogP contribution in [0.2, 0.25) is 0 Å². The number of hydrogen-bond acceptors (Lipinski definition) is 6. The maximum Gasteiger partial charge on any atom is 0.243 e. The molecule has 166 valence electrons. The average Bonchev–Trinajstić information content (AvgIpc) is 2.79. The van der Waals surface area contributed by atoms with Crippen molar-refractivity contribution in [3.05, 3.63) is 46.8 Å². The van der Waals surface area contributed by atoms with Crippen LogP contribution in [0.3, 0.4) is 0 Å². The summed E-state index contributed by atoms with van der Waals surface area (Å²) in [6.07, 6.45) is 2.87. The minimum Gasteiger partial charge on any atom is -0.353 e. The van der Waals surface area contributed by atoms with Gasteiger partial charge in [0.25, 0.3) is 0 Å². The minimum absolute atomic E-state index is 0.121. The van der Waals surface area contributed by atoms with E-state index < -0.39 is 10.0 Å². The normalized spacial score (nSPS) is 18.9. The van der Waals surface area contributed by atoms with Crippen molar-refractivity contribution in [3.63, 3.8) is 0 Å². The van der Waals surface area contributed by atoms with Crippen LogP contribution in [0, 0.1) is 12.8 Å². The Hall–Kier alpha value is -2.04. The van der Waals surface area contributed by atoms with Gasteiger partial charge in [-0.1, -0.05) is 15.9 Å². The third-order valence-corrected chi connectivity index (χ3v) is 8.37. The highest BCUT2D eigenvalue weighted by molar-refractivity contribution is 9.10. The van der Waals surface area contributed by atoms with Crippen LogP contribution in [0.1, 0.15) is 18.7 Å². The standard InChI is InChI=1S/C21H26BrN5O3S/c1-16-23-9-6-20(24-16)25-12-14-26(15-13-25)21(28)17-7-10-27(11-8-17)31(29,30)19-4-2-18(22)3-5-19/h2-6,9,17H,7-8,10-15H2,1H3. The summed E-state index contributed by atoms with van der Waals surface area (Å²) in [6.45, 7) is 5.38. The first kappa shape index (κ1) is 22.2. The van der Waals surface area contributed by atoms with E-state index in [2.05, 4.69) is 30.8 Å². The van der Waals surface area contributed by atoms with Gasteiger partial charge in [-0.3, -0.25) is 4.79 Å². The van der Waals surface area contributed by atoms with Crippen molar-refractivity contribution in [1.29, 1.82) is 0 Å². The smallest absolute Gasteiger partial charge is 0.243 e. The fraction of sp³-hybridized carbons (Fsp3) is 0.476. The Labute approximate surface area is 191 Å². The molecule has 8 nitrogen and oxygen atoms in total. The molecule has 31 heavy (non-hydrogen) atoms. The number of aromatic nitrogens is 2. The number of aryl methyl sites for hydroxylation is 1. The quantitative estimate of drug-likeness (QED) is 0.630. The van der Waals surface area contributed by atoms with E-state index in [-0.39, 0.29) is 16.7 Å². The number of carbonyl (C=O) groups excluding carboxylic acids is 1. The molecule has 4 rings (SSSR count). The first-order valence-electron chi connectivity index (χ1n) is 10.4. The molecular formula is C21H26BrN5O3S. The number of piperazine rings is 1. The fourth-order valence-electron chi connectivity index (χ4n) is 4.13. The maximum atomic E-state index is 13.0. The van der Waals surface area contributed by atoms with Crippen LogP contribution < -0.4 is 4.90 Å². The van der Waals surface area contributed by atoms with Crippen LogP contribution in [0.4, 0.5) is 5.82 Å². The number of hydrogen-bond donors (Lipinski definition) is 0. The molecule has 2 aromatic rings. The molecule has 1 amide bonds. The lowest BCUT2D eigenvalue weighted by Gasteiger charge is -2.38. The number of carbonyl (C=O) groups is 1. The number of rotatable bonds is 4. The Bertz CT molecular complexity index is 1030. The second-order valence-electron chi connectivity index (χ2n) is 7.91. The topological polar surface area (TPSA) is 86.7 Å². The van der Waals surface area contributed by atoms with Gasteiger partial charge >= 0.3 is 0 Å². The van der Waals surface area contributed by atoms with Gasteiger partial charge in [0.2, 0.25) is 15.9 Å². The first-order valence-corrected chi connectivity index (χ1v) is 12.7. The monoisotopic (exact) mass is 507 g/mol. The van der Waals surface area contributed by atoms with Crippen molar-refractivity contribution in [3.8, 4) is 0 Å². The van der Waals surface area contributed by atoms with Crippen LogP contribution >= 0.6 is 15.9 Å². The predicted molar refractivity (Wildman–Crippen MR) is 121 cm³/mol. The Morgan fingerprint density at radius 3 is 2.26 bits per heavy atom. The molecule has 0 saturated carbocycles. The van der Waals surface area contributed by atoms with Gasteiger partial charge in [0, 0.05) is 55.9 Å². The molecule has 2 aliphatic rings. The SMILES string of the molecule is Cc1nccc(N2CCN(C(=O)C3CCN(S(=O)(=O)c4ccc(Br)cc4)CC3)CC2)n1. The number of anilines is 1. The molecule has 2 aliphatic heterocycles. The zero-order chi connectivity index (χ0) is 22.0. The second-order valence-corrected chi connectivity index (χ2v) is 10.8. The van der Waals surface area contributed by atoms with Gasteiger partial charge in [0.15, 0.2) is 0 Å². The average molecular weight is 508 g/mol. The third-order valence-electron chi connectivity index (χ3n) is 5.93. The Kier molecular flexibility index (Phi) is 6.59. The molecule has 0 spiro atoms. The summed E-state index contributed by atoms with van der Waals surface area (Å²) >= 11 is 3.33. The summed E-state index contributed by atoms with van der Waals surface area (Å²) in [7, 11) is -3.53. The molecule has 1 aromatic carbocycles. The molecule has 2 fully saturated rings. The molecule has 0 aliphatic carbocycles. The van der Waals surface area contributed by atoms with Crippen LogP contribution in [0.5, 0.6) is 0 Å². The minimum atomic E-state index is -3.53. The predicted octanol–water partition coefficient (Wildman–Crippen LogP) is 2.30. The molecule has 0 bridgehead atoms. The lowest BCUT2D eigenvalue weighted by atomic mass is 9.96. The lowest BCUT2D eigenvalue weighted by Crippen LogP contribution is -2.52. The number of halogens is 1. The number of nitrogens with zero attached hydrogens (tertiary/aromatic N) is 5. The van der Waals surface area contributed by atoms with Gasteiger partial charge in [0.1, 0.15) is 11.6 Å². The first-order chi connectivity index (χ1) is 14.8. The Morgan fingerprint density at radius 2 is 1.65 bits per heavy atom. The number of piperidine rings is 1. The van der Waals surface area contributed by atoms with E-state index in [1.807, 2.05) is 17.9 Å². The molecule has 0 unspecified atom stereocenters. The van der Waals surface area contributed by atoms with E-state index in [0.717, 1.165) is 29.2 Å². The highest BCUT2D eigenvalue weighted by atomic mass is 79.9. The van der Waals surface area contributed by atoms with Crippen molar-refractivity contribution < 1.29 is 13.2 Å². The summed E-state index contributed by atoms with van der Waals surface area (Å²) in [5.74, 6) is 1.65. The highest BCUT2D eigenvalue weighted by Gasteiger charge is 2.34. The van der Waals surface area contributed by atoms with E-state index in [0.29, 0.717) is 39.0 Å². The Balaban J connectivity index is 1.31. The molecule has 0 N–H and O–H groups in total. The van der Waals surface area contributed by atoms with Crippen molar-refractivity contribution in [2.24, 2.45) is 5.92 Å². The van der Waals surface area contributed by atoms with Crippen molar-refractivity contribution >= 4 is 37.7 Å². The van der Waals surface area contributed by atoms with Gasteiger partial charge in [-0.2, -0.15) is 4.31 Å². The Morgan fingerprint density at radius 1 is 1.00 bits per heavy atom. The van der Waals surface area contributed by atoms with E-state index >= 15 is 0 Å². The second kappa shape index (κ2) is 9.22. The summed E-state index contributed by atoms with van der Waals surface area (Å²) in [5, 5.41) is 0. The summed E-state index contributed by atoms with van der Waals surface area (Å²) in [4.78, 5) is 26.0. The van der Waals surface area contributed by atoms with Crippen LogP contribution in [-0.4, -0.2) is 72.8 Å². The van der Waals surface area contributed by atoms with E-state index in [4.69, 9.17) is 0 Å². The molecule has 0 radical (unpaired) electrons. The van der Waals surface area contributed by atoms with Gasteiger partial charge in [-0.05, 0) is 50.1 Å². The maximum absolute atomic E-state index is 13.0. The van der Waals surface area contributed by atoms with Crippen molar-refractivity contribution in [1.82, 2.24) is 19.2 Å². The lowest BCUT2D eigenvalue weighted by molar-refractivity contribution is -0.137. The van der Waals surface area contributed by atoms with Crippen LogP contribution in [0.15, 0.2) is 45.9 Å². The third kappa shape index (κ3) is 4.91. The number of amides is 1. The summed E-state index contributed by atoms with van der Waals surface area (Å²) in [6, 6.07) is 8.56. The van der Waals surface area contributed by atoms with Gasteiger partial charge in [-0.15, -0.1) is 0 Å². The zero-order valence-corrected chi connectivity index (χ0v) is 19.8. The van der Waals surface area contributed by atoms with Crippen LogP contribution in [-0.2, 0) is 14.8 Å². The molecular weight excluding hydrogens is 482 g/mol. The van der Waals surface area contributed by atoms with E-state index in [9.17, 15) is 13.2 Å². The number of benzene rings is 1. The zero-order valence-electron chi connectivity index (χ0n) is 17.4. The molecule has 0 atom stereocenters. The highest BCUT2D eigenvalue weighted by Crippen LogP contribution is 2.26. The van der Waals surface area contributed by atoms with Crippen molar-refractivity contribution in [2.75, 3.05) is 44.2 Å².